The molecule has 1 amide bonds. The number of aliphatic imine (C=N–C) groups is 1. The Morgan fingerprint density at radius 3 is 2.83 bits per heavy atom. The van der Waals surface area contributed by atoms with E-state index in [2.05, 4.69) is 27.0 Å². The zero-order chi connectivity index (χ0) is 21.3. The Morgan fingerprint density at radius 1 is 1.17 bits per heavy atom. The van der Waals surface area contributed by atoms with Crippen molar-refractivity contribution in [3.8, 4) is 11.5 Å². The lowest BCUT2D eigenvalue weighted by atomic mass is 10.0. The zero-order valence-electron chi connectivity index (χ0n) is 17.9. The normalized spacial score (nSPS) is 13.3. The molecule has 160 valence electrons. The predicted octanol–water partition coefficient (Wildman–Crippen LogP) is 3.02. The smallest absolute Gasteiger partial charge is 0.224 e. The molecule has 0 saturated heterocycles. The molecule has 3 rings (SSSR count). The van der Waals surface area contributed by atoms with Crippen molar-refractivity contribution in [2.45, 2.75) is 33.2 Å². The maximum Gasteiger partial charge on any atom is 0.224 e. The van der Waals surface area contributed by atoms with Crippen LogP contribution in [-0.4, -0.2) is 38.7 Å². The summed E-state index contributed by atoms with van der Waals surface area (Å²) in [5.74, 6) is 2.45. The second-order valence-electron chi connectivity index (χ2n) is 7.15. The van der Waals surface area contributed by atoms with Crippen LogP contribution in [0.2, 0.25) is 0 Å². The van der Waals surface area contributed by atoms with Crippen molar-refractivity contribution in [2.24, 2.45) is 4.99 Å². The summed E-state index contributed by atoms with van der Waals surface area (Å²) in [6.45, 7) is 6.49. The summed E-state index contributed by atoms with van der Waals surface area (Å²) in [6, 6.07) is 11.9. The van der Waals surface area contributed by atoms with Crippen LogP contribution in [0.3, 0.4) is 0 Å². The number of nitrogens with one attached hydrogen (secondary N) is 3. The second kappa shape index (κ2) is 10.5. The van der Waals surface area contributed by atoms with Gasteiger partial charge in [0.2, 0.25) is 5.91 Å². The quantitative estimate of drug-likeness (QED) is 0.354. The highest BCUT2D eigenvalue weighted by Gasteiger charge is 2.15. The van der Waals surface area contributed by atoms with Crippen LogP contribution < -0.4 is 25.4 Å². The van der Waals surface area contributed by atoms with Crippen molar-refractivity contribution in [3.05, 3.63) is 53.1 Å². The fourth-order valence-electron chi connectivity index (χ4n) is 3.28. The minimum atomic E-state index is 0.0684. The molecule has 2 aromatic carbocycles. The molecule has 30 heavy (non-hydrogen) atoms. The minimum absolute atomic E-state index is 0.0684. The van der Waals surface area contributed by atoms with E-state index in [0.29, 0.717) is 26.1 Å². The Labute approximate surface area is 177 Å². The van der Waals surface area contributed by atoms with E-state index in [1.165, 1.54) is 0 Å². The largest absolute Gasteiger partial charge is 0.496 e. The number of hydrogen-bond acceptors (Lipinski definition) is 4. The SMILES string of the molecule is CCNC(=NCc1ccc(C)cc1OC)NCCOc1ccc2c(c1)CCC(=O)N2. The van der Waals surface area contributed by atoms with E-state index in [1.807, 2.05) is 44.2 Å². The number of methoxy groups -OCH3 is 1. The van der Waals surface area contributed by atoms with Crippen LogP contribution in [0.25, 0.3) is 0 Å². The summed E-state index contributed by atoms with van der Waals surface area (Å²) in [6.07, 6.45) is 1.27. The molecule has 0 spiro atoms. The summed E-state index contributed by atoms with van der Waals surface area (Å²) in [5.41, 5.74) is 4.19. The van der Waals surface area contributed by atoms with Gasteiger partial charge in [-0.3, -0.25) is 4.79 Å². The minimum Gasteiger partial charge on any atom is -0.496 e. The molecule has 0 saturated carbocycles. The van der Waals surface area contributed by atoms with Gasteiger partial charge in [-0.15, -0.1) is 0 Å². The van der Waals surface area contributed by atoms with E-state index >= 15 is 0 Å². The summed E-state index contributed by atoms with van der Waals surface area (Å²) in [4.78, 5) is 16.1. The van der Waals surface area contributed by atoms with E-state index in [1.54, 1.807) is 7.11 Å². The third-order valence-electron chi connectivity index (χ3n) is 4.83. The van der Waals surface area contributed by atoms with Crippen molar-refractivity contribution in [1.82, 2.24) is 10.6 Å². The van der Waals surface area contributed by atoms with E-state index < -0.39 is 0 Å². The number of benzene rings is 2. The van der Waals surface area contributed by atoms with Crippen molar-refractivity contribution < 1.29 is 14.3 Å². The summed E-state index contributed by atoms with van der Waals surface area (Å²) in [5, 5.41) is 9.42. The van der Waals surface area contributed by atoms with E-state index in [-0.39, 0.29) is 5.91 Å². The molecule has 0 aliphatic carbocycles. The van der Waals surface area contributed by atoms with Gasteiger partial charge in [-0.05, 0) is 55.7 Å². The number of hydrogen-bond donors (Lipinski definition) is 3. The molecule has 7 nitrogen and oxygen atoms in total. The van der Waals surface area contributed by atoms with Crippen molar-refractivity contribution >= 4 is 17.6 Å². The first-order valence-corrected chi connectivity index (χ1v) is 10.3. The standard InChI is InChI=1S/C23H30N4O3/c1-4-24-23(26-15-18-6-5-16(2)13-21(18)29-3)25-11-12-30-19-8-9-20-17(14-19)7-10-22(28)27-20/h5-6,8-9,13-14H,4,7,10-12,15H2,1-3H3,(H,27,28)(H2,24,25,26). The summed E-state index contributed by atoms with van der Waals surface area (Å²) < 4.78 is 11.3. The molecule has 0 unspecified atom stereocenters. The monoisotopic (exact) mass is 410 g/mol. The van der Waals surface area contributed by atoms with E-state index in [4.69, 9.17) is 9.47 Å². The van der Waals surface area contributed by atoms with Gasteiger partial charge in [-0.2, -0.15) is 0 Å². The Hall–Kier alpha value is -3.22. The number of ether oxygens (including phenoxy) is 2. The number of amides is 1. The fraction of sp³-hybridized carbons (Fsp3) is 0.391. The fourth-order valence-corrected chi connectivity index (χ4v) is 3.28. The molecule has 1 aliphatic rings. The number of aryl methyl sites for hydroxylation is 2. The molecule has 2 aromatic rings. The average molecular weight is 411 g/mol. The van der Waals surface area contributed by atoms with Gasteiger partial charge < -0.3 is 25.4 Å². The van der Waals surface area contributed by atoms with Gasteiger partial charge in [0.25, 0.3) is 0 Å². The molecular formula is C23H30N4O3. The molecule has 1 aliphatic heterocycles. The van der Waals surface area contributed by atoms with Gasteiger partial charge in [0.05, 0.1) is 20.2 Å². The number of anilines is 1. The third kappa shape index (κ3) is 5.89. The number of fused-ring (bicyclic) bond motifs is 1. The van der Waals surface area contributed by atoms with Gasteiger partial charge in [-0.25, -0.2) is 4.99 Å². The van der Waals surface area contributed by atoms with Crippen LogP contribution in [0.1, 0.15) is 30.0 Å². The number of carbonyl (C=O) groups excluding carboxylic acids is 1. The molecule has 0 radical (unpaired) electrons. The van der Waals surface area contributed by atoms with Crippen molar-refractivity contribution in [1.29, 1.82) is 0 Å². The first-order chi connectivity index (χ1) is 14.6. The Bertz CT molecular complexity index is 911. The molecule has 0 bridgehead atoms. The van der Waals surface area contributed by atoms with Gasteiger partial charge in [0.15, 0.2) is 5.96 Å². The van der Waals surface area contributed by atoms with Crippen LogP contribution in [0.4, 0.5) is 5.69 Å². The van der Waals surface area contributed by atoms with Gasteiger partial charge >= 0.3 is 0 Å². The number of carbonyl (C=O) groups is 1. The third-order valence-corrected chi connectivity index (χ3v) is 4.83. The number of guanidine groups is 1. The van der Waals surface area contributed by atoms with Gasteiger partial charge in [0, 0.05) is 24.2 Å². The Morgan fingerprint density at radius 2 is 2.03 bits per heavy atom. The van der Waals surface area contributed by atoms with Gasteiger partial charge in [0.1, 0.15) is 18.1 Å². The van der Waals surface area contributed by atoms with Crippen LogP contribution >= 0.6 is 0 Å². The Balaban J connectivity index is 1.51. The molecule has 0 aromatic heterocycles. The molecule has 7 heteroatoms. The summed E-state index contributed by atoms with van der Waals surface area (Å²) in [7, 11) is 1.68. The highest BCUT2D eigenvalue weighted by Crippen LogP contribution is 2.26. The lowest BCUT2D eigenvalue weighted by molar-refractivity contribution is -0.116. The lowest BCUT2D eigenvalue weighted by Gasteiger charge is -2.18. The topological polar surface area (TPSA) is 84.0 Å². The first kappa shape index (κ1) is 21.5. The molecule has 1 heterocycles. The maximum absolute atomic E-state index is 11.5. The number of rotatable bonds is 8. The van der Waals surface area contributed by atoms with Crippen molar-refractivity contribution in [3.63, 3.8) is 0 Å². The molecule has 0 fully saturated rings. The number of nitrogens with zero attached hydrogens (tertiary/aromatic N) is 1. The highest BCUT2D eigenvalue weighted by molar-refractivity contribution is 5.94. The van der Waals surface area contributed by atoms with Gasteiger partial charge in [-0.1, -0.05) is 12.1 Å². The predicted molar refractivity (Wildman–Crippen MR) is 119 cm³/mol. The van der Waals surface area contributed by atoms with E-state index in [9.17, 15) is 4.79 Å². The molecule has 0 atom stereocenters. The lowest BCUT2D eigenvalue weighted by Crippen LogP contribution is -2.39. The van der Waals surface area contributed by atoms with Crippen LogP contribution in [0.15, 0.2) is 41.4 Å². The van der Waals surface area contributed by atoms with Crippen LogP contribution in [0, 0.1) is 6.92 Å². The Kier molecular flexibility index (Phi) is 7.54. The molecular weight excluding hydrogens is 380 g/mol. The zero-order valence-corrected chi connectivity index (χ0v) is 17.9. The van der Waals surface area contributed by atoms with Crippen LogP contribution in [-0.2, 0) is 17.8 Å². The highest BCUT2D eigenvalue weighted by atomic mass is 16.5. The van der Waals surface area contributed by atoms with Crippen LogP contribution in [0.5, 0.6) is 11.5 Å². The summed E-state index contributed by atoms with van der Waals surface area (Å²) >= 11 is 0. The van der Waals surface area contributed by atoms with E-state index in [0.717, 1.165) is 52.8 Å². The average Bonchev–Trinajstić information content (AvgIpc) is 2.75. The van der Waals surface area contributed by atoms with Crippen molar-refractivity contribution in [2.75, 3.05) is 32.1 Å². The first-order valence-electron chi connectivity index (χ1n) is 10.3. The second-order valence-corrected chi connectivity index (χ2v) is 7.15. The molecule has 3 N–H and O–H groups in total. The maximum atomic E-state index is 11.5.